The number of aryl methyl sites for hydroxylation is 1. The predicted octanol–water partition coefficient (Wildman–Crippen LogP) is 5.44. The summed E-state index contributed by atoms with van der Waals surface area (Å²) in [5.41, 5.74) is 1.63. The van der Waals surface area contributed by atoms with Gasteiger partial charge < -0.3 is 5.32 Å². The zero-order valence-electron chi connectivity index (χ0n) is 12.4. The Balaban J connectivity index is 2.67. The summed E-state index contributed by atoms with van der Waals surface area (Å²) in [6, 6.07) is 3.72. The Morgan fingerprint density at radius 2 is 2.05 bits per heavy atom. The molecule has 0 heterocycles. The molecule has 0 aromatic heterocycles. The third-order valence-corrected chi connectivity index (χ3v) is 4.03. The van der Waals surface area contributed by atoms with Gasteiger partial charge in [0.05, 0.1) is 10.6 Å². The van der Waals surface area contributed by atoms with Crippen molar-refractivity contribution in [3.05, 3.63) is 32.3 Å². The number of halogens is 1. The molecule has 0 fully saturated rings. The summed E-state index contributed by atoms with van der Waals surface area (Å²) in [6.07, 6.45) is 6.02. The Kier molecular flexibility index (Phi) is 6.99. The van der Waals surface area contributed by atoms with Crippen LogP contribution in [0.5, 0.6) is 0 Å². The van der Waals surface area contributed by atoms with Crippen LogP contribution in [0, 0.1) is 17.0 Å². The predicted molar refractivity (Wildman–Crippen MR) is 87.4 cm³/mol. The smallest absolute Gasteiger partial charge is 0.274 e. The molecule has 0 aliphatic heterocycles. The number of benzene rings is 1. The van der Waals surface area contributed by atoms with Crippen molar-refractivity contribution < 1.29 is 4.92 Å². The molecule has 112 valence electrons. The molecule has 1 aromatic carbocycles. The van der Waals surface area contributed by atoms with Crippen molar-refractivity contribution >= 4 is 27.3 Å². The van der Waals surface area contributed by atoms with Gasteiger partial charge in [0.2, 0.25) is 0 Å². The maximum Gasteiger partial charge on any atom is 0.274 e. The van der Waals surface area contributed by atoms with E-state index in [0.29, 0.717) is 11.6 Å². The molecular formula is C15H23BrN2O2. The molecule has 5 heteroatoms. The summed E-state index contributed by atoms with van der Waals surface area (Å²) in [7, 11) is 0. The van der Waals surface area contributed by atoms with Gasteiger partial charge in [0, 0.05) is 22.1 Å². The topological polar surface area (TPSA) is 55.2 Å². The molecule has 20 heavy (non-hydrogen) atoms. The molecule has 1 atom stereocenters. The minimum atomic E-state index is -0.334. The van der Waals surface area contributed by atoms with Crippen LogP contribution in [-0.2, 0) is 0 Å². The van der Waals surface area contributed by atoms with Gasteiger partial charge in [-0.15, -0.1) is 0 Å². The summed E-state index contributed by atoms with van der Waals surface area (Å²) >= 11 is 3.47. The van der Waals surface area contributed by atoms with Gasteiger partial charge in [0.15, 0.2) is 0 Å². The Bertz CT molecular complexity index is 463. The number of rotatable bonds is 8. The van der Waals surface area contributed by atoms with Crippen LogP contribution in [0.15, 0.2) is 16.6 Å². The molecule has 1 unspecified atom stereocenters. The number of nitro groups is 1. The average molecular weight is 343 g/mol. The van der Waals surface area contributed by atoms with Gasteiger partial charge in [0.1, 0.15) is 0 Å². The molecule has 0 bridgehead atoms. The number of unbranched alkanes of at least 4 members (excludes halogenated alkanes) is 3. The molecule has 0 amide bonds. The second-order valence-electron chi connectivity index (χ2n) is 5.27. The summed E-state index contributed by atoms with van der Waals surface area (Å²) in [4.78, 5) is 10.6. The second-order valence-corrected chi connectivity index (χ2v) is 6.12. The van der Waals surface area contributed by atoms with Crippen LogP contribution in [0.2, 0.25) is 0 Å². The SMILES string of the molecule is CCCCCCC(C)Nc1cc([N+](=O)[O-])c(C)cc1Br. The highest BCUT2D eigenvalue weighted by Gasteiger charge is 2.15. The maximum absolute atomic E-state index is 11.0. The fourth-order valence-corrected chi connectivity index (χ4v) is 2.76. The van der Waals surface area contributed by atoms with Crippen LogP contribution >= 0.6 is 15.9 Å². The van der Waals surface area contributed by atoms with E-state index in [1.807, 2.05) is 0 Å². The minimum absolute atomic E-state index is 0.161. The third kappa shape index (κ3) is 5.12. The van der Waals surface area contributed by atoms with Crippen LogP contribution in [0.1, 0.15) is 51.5 Å². The number of nitro benzene ring substituents is 1. The van der Waals surface area contributed by atoms with E-state index in [2.05, 4.69) is 35.1 Å². The first-order valence-corrected chi connectivity index (χ1v) is 7.96. The standard InChI is InChI=1S/C15H23BrN2O2/c1-4-5-6-7-8-12(3)17-14-10-15(18(19)20)11(2)9-13(14)16/h9-10,12,17H,4-8H2,1-3H3. The van der Waals surface area contributed by atoms with E-state index in [9.17, 15) is 10.1 Å². The van der Waals surface area contributed by atoms with Crippen LogP contribution in [0.25, 0.3) is 0 Å². The van der Waals surface area contributed by atoms with E-state index >= 15 is 0 Å². The summed E-state index contributed by atoms with van der Waals surface area (Å²) in [5, 5.41) is 14.3. The van der Waals surface area contributed by atoms with Gasteiger partial charge in [0.25, 0.3) is 5.69 Å². The first kappa shape index (κ1) is 17.0. The highest BCUT2D eigenvalue weighted by molar-refractivity contribution is 9.10. The number of hydrogen-bond donors (Lipinski definition) is 1. The Hall–Kier alpha value is -1.10. The first-order chi connectivity index (χ1) is 9.45. The summed E-state index contributed by atoms with van der Waals surface area (Å²) < 4.78 is 0.876. The molecule has 0 radical (unpaired) electrons. The van der Waals surface area contributed by atoms with Gasteiger partial charge in [-0.2, -0.15) is 0 Å². The van der Waals surface area contributed by atoms with E-state index in [4.69, 9.17) is 0 Å². The van der Waals surface area contributed by atoms with Crippen molar-refractivity contribution in [3.8, 4) is 0 Å². The molecule has 0 saturated carbocycles. The van der Waals surface area contributed by atoms with Crippen molar-refractivity contribution in [1.29, 1.82) is 0 Å². The fourth-order valence-electron chi connectivity index (χ4n) is 2.18. The second kappa shape index (κ2) is 8.25. The number of hydrogen-bond acceptors (Lipinski definition) is 3. The zero-order chi connectivity index (χ0) is 15.1. The molecule has 1 aromatic rings. The number of anilines is 1. The van der Waals surface area contributed by atoms with Gasteiger partial charge in [-0.25, -0.2) is 0 Å². The summed E-state index contributed by atoms with van der Waals surface area (Å²) in [5.74, 6) is 0. The Morgan fingerprint density at radius 3 is 2.65 bits per heavy atom. The number of nitrogens with zero attached hydrogens (tertiary/aromatic N) is 1. The lowest BCUT2D eigenvalue weighted by Crippen LogP contribution is -2.15. The zero-order valence-corrected chi connectivity index (χ0v) is 14.0. The average Bonchev–Trinajstić information content (AvgIpc) is 2.37. The van der Waals surface area contributed by atoms with E-state index in [1.54, 1.807) is 19.1 Å². The van der Waals surface area contributed by atoms with Crippen LogP contribution in [-0.4, -0.2) is 11.0 Å². The normalized spacial score (nSPS) is 12.2. The van der Waals surface area contributed by atoms with Crippen molar-refractivity contribution in [2.45, 2.75) is 58.9 Å². The Morgan fingerprint density at radius 1 is 1.35 bits per heavy atom. The molecule has 4 nitrogen and oxygen atoms in total. The van der Waals surface area contributed by atoms with Gasteiger partial charge in [-0.3, -0.25) is 10.1 Å². The largest absolute Gasteiger partial charge is 0.381 e. The number of nitrogens with one attached hydrogen (secondary N) is 1. The molecule has 1 N–H and O–H groups in total. The molecular weight excluding hydrogens is 320 g/mol. The van der Waals surface area contributed by atoms with Crippen molar-refractivity contribution in [2.24, 2.45) is 0 Å². The maximum atomic E-state index is 11.0. The van der Waals surface area contributed by atoms with E-state index in [1.165, 1.54) is 25.7 Å². The van der Waals surface area contributed by atoms with Crippen LogP contribution in [0.4, 0.5) is 11.4 Å². The molecule has 0 saturated heterocycles. The molecule has 1 rings (SSSR count). The lowest BCUT2D eigenvalue weighted by Gasteiger charge is -2.16. The molecule has 0 aliphatic carbocycles. The van der Waals surface area contributed by atoms with E-state index in [-0.39, 0.29) is 10.6 Å². The van der Waals surface area contributed by atoms with Crippen LogP contribution in [0.3, 0.4) is 0 Å². The summed E-state index contributed by atoms with van der Waals surface area (Å²) in [6.45, 7) is 6.06. The van der Waals surface area contributed by atoms with Gasteiger partial charge in [-0.1, -0.05) is 32.6 Å². The fraction of sp³-hybridized carbons (Fsp3) is 0.600. The highest BCUT2D eigenvalue weighted by atomic mass is 79.9. The van der Waals surface area contributed by atoms with Gasteiger partial charge in [-0.05, 0) is 42.3 Å². The van der Waals surface area contributed by atoms with Crippen LogP contribution < -0.4 is 5.32 Å². The lowest BCUT2D eigenvalue weighted by molar-refractivity contribution is -0.385. The Labute approximate surface area is 129 Å². The van der Waals surface area contributed by atoms with Gasteiger partial charge >= 0.3 is 0 Å². The molecule has 0 spiro atoms. The lowest BCUT2D eigenvalue weighted by atomic mass is 10.1. The van der Waals surface area contributed by atoms with E-state index in [0.717, 1.165) is 16.6 Å². The quantitative estimate of drug-likeness (QED) is 0.389. The minimum Gasteiger partial charge on any atom is -0.381 e. The van der Waals surface area contributed by atoms with Crippen molar-refractivity contribution in [2.75, 3.05) is 5.32 Å². The first-order valence-electron chi connectivity index (χ1n) is 7.16. The monoisotopic (exact) mass is 342 g/mol. The van der Waals surface area contributed by atoms with Crippen molar-refractivity contribution in [3.63, 3.8) is 0 Å². The van der Waals surface area contributed by atoms with Crippen molar-refractivity contribution in [1.82, 2.24) is 0 Å². The molecule has 0 aliphatic rings. The van der Waals surface area contributed by atoms with E-state index < -0.39 is 0 Å². The third-order valence-electron chi connectivity index (χ3n) is 3.37. The highest BCUT2D eigenvalue weighted by Crippen LogP contribution is 2.31.